The van der Waals surface area contributed by atoms with Crippen LogP contribution in [-0.2, 0) is 4.79 Å². The first-order chi connectivity index (χ1) is 18.0. The van der Waals surface area contributed by atoms with Crippen LogP contribution in [0.3, 0.4) is 0 Å². The predicted molar refractivity (Wildman–Crippen MR) is 142 cm³/mol. The average Bonchev–Trinajstić information content (AvgIpc) is 3.37. The number of nitrogens with one attached hydrogen (secondary N) is 1. The predicted octanol–water partition coefficient (Wildman–Crippen LogP) is 5.16. The van der Waals surface area contributed by atoms with E-state index in [0.717, 1.165) is 5.69 Å². The Bertz CT molecular complexity index is 1350. The number of anilines is 1. The minimum atomic E-state index is -0.451. The summed E-state index contributed by atoms with van der Waals surface area (Å²) >= 11 is 1.27. The highest BCUT2D eigenvalue weighted by molar-refractivity contribution is 7.99. The lowest BCUT2D eigenvalue weighted by Crippen LogP contribution is -2.16. The van der Waals surface area contributed by atoms with Crippen LogP contribution in [0.4, 0.5) is 5.69 Å². The van der Waals surface area contributed by atoms with Crippen molar-refractivity contribution in [2.75, 3.05) is 32.4 Å². The van der Waals surface area contributed by atoms with E-state index in [1.54, 1.807) is 39.5 Å². The van der Waals surface area contributed by atoms with Gasteiger partial charge in [0.05, 0.1) is 32.8 Å². The number of carbonyl (C=O) groups is 1. The Labute approximate surface area is 219 Å². The highest BCUT2D eigenvalue weighted by Crippen LogP contribution is 2.33. The molecule has 4 rings (SSSR count). The summed E-state index contributed by atoms with van der Waals surface area (Å²) in [5.41, 5.74) is 1.38. The van der Waals surface area contributed by atoms with Crippen molar-refractivity contribution in [2.24, 2.45) is 0 Å². The molecule has 0 saturated heterocycles. The van der Waals surface area contributed by atoms with Crippen molar-refractivity contribution >= 4 is 23.4 Å². The van der Waals surface area contributed by atoms with Crippen molar-refractivity contribution in [1.82, 2.24) is 14.8 Å². The van der Waals surface area contributed by atoms with Gasteiger partial charge in [-0.1, -0.05) is 42.1 Å². The fourth-order valence-corrected chi connectivity index (χ4v) is 4.40. The van der Waals surface area contributed by atoms with E-state index in [-0.39, 0.29) is 11.7 Å². The molecule has 3 aromatic carbocycles. The maximum atomic E-state index is 12.8. The molecule has 192 valence electrons. The van der Waals surface area contributed by atoms with Crippen molar-refractivity contribution in [3.8, 4) is 28.7 Å². The number of hydrogen-bond acceptors (Lipinski definition) is 8. The lowest BCUT2D eigenvalue weighted by Gasteiger charge is -2.18. The van der Waals surface area contributed by atoms with E-state index in [0.29, 0.717) is 39.7 Å². The minimum absolute atomic E-state index is 0.104. The molecule has 0 bridgehead atoms. The minimum Gasteiger partial charge on any atom is -0.497 e. The van der Waals surface area contributed by atoms with E-state index < -0.39 is 6.10 Å². The SMILES string of the molecule is COc1ccc(OC)c(NC(=O)CSc2nnc(C(C)Oc3ccccc3OC)n2-c2ccccc2)c1. The van der Waals surface area contributed by atoms with Gasteiger partial charge < -0.3 is 24.3 Å². The monoisotopic (exact) mass is 520 g/mol. The molecule has 1 atom stereocenters. The second-order valence-electron chi connectivity index (χ2n) is 7.83. The number of thioether (sulfide) groups is 1. The highest BCUT2D eigenvalue weighted by atomic mass is 32.2. The number of methoxy groups -OCH3 is 3. The molecule has 37 heavy (non-hydrogen) atoms. The smallest absolute Gasteiger partial charge is 0.234 e. The van der Waals surface area contributed by atoms with E-state index in [1.165, 1.54) is 11.8 Å². The molecule has 10 heteroatoms. The van der Waals surface area contributed by atoms with Crippen LogP contribution in [0, 0.1) is 0 Å². The van der Waals surface area contributed by atoms with Gasteiger partial charge in [0.25, 0.3) is 0 Å². The Hall–Kier alpha value is -4.18. The molecular formula is C27H28N4O5S. The molecule has 4 aromatic rings. The number of hydrogen-bond donors (Lipinski definition) is 1. The first-order valence-corrected chi connectivity index (χ1v) is 12.5. The molecule has 0 aliphatic rings. The van der Waals surface area contributed by atoms with Crippen LogP contribution >= 0.6 is 11.8 Å². The lowest BCUT2D eigenvalue weighted by molar-refractivity contribution is -0.113. The number of carbonyl (C=O) groups excluding carboxylic acids is 1. The molecule has 1 N–H and O–H groups in total. The summed E-state index contributed by atoms with van der Waals surface area (Å²) in [7, 11) is 4.71. The standard InChI is InChI=1S/C27H28N4O5S/c1-18(36-24-13-9-8-12-23(24)35-4)26-29-30-27(31(26)19-10-6-5-7-11-19)37-17-25(32)28-21-16-20(33-2)14-15-22(21)34-3/h5-16,18H,17H2,1-4H3,(H,28,32). The van der Waals surface area contributed by atoms with Crippen LogP contribution in [0.5, 0.6) is 23.0 Å². The molecule has 0 saturated carbocycles. The van der Waals surface area contributed by atoms with Crippen molar-refractivity contribution in [3.05, 3.63) is 78.6 Å². The Balaban J connectivity index is 1.55. The normalized spacial score (nSPS) is 11.5. The molecule has 1 unspecified atom stereocenters. The molecule has 0 aliphatic carbocycles. The zero-order valence-electron chi connectivity index (χ0n) is 21.0. The fourth-order valence-electron chi connectivity index (χ4n) is 3.65. The van der Waals surface area contributed by atoms with Crippen molar-refractivity contribution in [2.45, 2.75) is 18.2 Å². The number of rotatable bonds is 11. The molecule has 0 spiro atoms. The second-order valence-corrected chi connectivity index (χ2v) is 8.77. The van der Waals surface area contributed by atoms with Gasteiger partial charge in [0.1, 0.15) is 11.5 Å². The third kappa shape index (κ3) is 6.15. The second kappa shape index (κ2) is 12.2. The highest BCUT2D eigenvalue weighted by Gasteiger charge is 2.22. The van der Waals surface area contributed by atoms with Gasteiger partial charge in [-0.2, -0.15) is 0 Å². The third-order valence-electron chi connectivity index (χ3n) is 5.42. The molecule has 0 aliphatic heterocycles. The summed E-state index contributed by atoms with van der Waals surface area (Å²) in [5, 5.41) is 12.2. The van der Waals surface area contributed by atoms with Crippen LogP contribution in [0.2, 0.25) is 0 Å². The number of ether oxygens (including phenoxy) is 4. The maximum absolute atomic E-state index is 12.8. The van der Waals surface area contributed by atoms with Crippen molar-refractivity contribution in [1.29, 1.82) is 0 Å². The summed E-state index contributed by atoms with van der Waals surface area (Å²) < 4.78 is 24.1. The quantitative estimate of drug-likeness (QED) is 0.271. The van der Waals surface area contributed by atoms with E-state index in [1.807, 2.05) is 66.1 Å². The van der Waals surface area contributed by atoms with Crippen molar-refractivity contribution < 1.29 is 23.7 Å². The van der Waals surface area contributed by atoms with Crippen LogP contribution in [-0.4, -0.2) is 47.8 Å². The third-order valence-corrected chi connectivity index (χ3v) is 6.35. The zero-order chi connectivity index (χ0) is 26.2. The Morgan fingerprint density at radius 3 is 2.30 bits per heavy atom. The van der Waals surface area contributed by atoms with Gasteiger partial charge in [0.2, 0.25) is 5.91 Å². The van der Waals surface area contributed by atoms with Crippen LogP contribution in [0.15, 0.2) is 78.0 Å². The van der Waals surface area contributed by atoms with E-state index in [4.69, 9.17) is 18.9 Å². The number of benzene rings is 3. The fraction of sp³-hybridized carbons (Fsp3) is 0.222. The zero-order valence-corrected chi connectivity index (χ0v) is 21.8. The van der Waals surface area contributed by atoms with Crippen LogP contribution in [0.1, 0.15) is 18.9 Å². The summed E-state index contributed by atoms with van der Waals surface area (Å²) in [4.78, 5) is 12.8. The van der Waals surface area contributed by atoms with Gasteiger partial charge in [0.15, 0.2) is 28.6 Å². The summed E-state index contributed by atoms with van der Waals surface area (Å²) in [6.45, 7) is 1.89. The van der Waals surface area contributed by atoms with Gasteiger partial charge in [-0.05, 0) is 43.3 Å². The average molecular weight is 521 g/mol. The summed E-state index contributed by atoms with van der Waals surface area (Å²) in [6, 6.07) is 22.3. The van der Waals surface area contributed by atoms with Crippen LogP contribution in [0.25, 0.3) is 5.69 Å². The number of aromatic nitrogens is 3. The van der Waals surface area contributed by atoms with Crippen molar-refractivity contribution in [3.63, 3.8) is 0 Å². The molecule has 0 fully saturated rings. The molecule has 1 heterocycles. The maximum Gasteiger partial charge on any atom is 0.234 e. The number of nitrogens with zero attached hydrogens (tertiary/aromatic N) is 3. The Morgan fingerprint density at radius 1 is 0.892 bits per heavy atom. The number of para-hydroxylation sites is 3. The van der Waals surface area contributed by atoms with E-state index >= 15 is 0 Å². The Morgan fingerprint density at radius 2 is 1.59 bits per heavy atom. The largest absolute Gasteiger partial charge is 0.497 e. The van der Waals surface area contributed by atoms with Gasteiger partial charge in [0, 0.05) is 11.8 Å². The summed E-state index contributed by atoms with van der Waals surface area (Å²) in [6.07, 6.45) is -0.451. The van der Waals surface area contributed by atoms with Crippen LogP contribution < -0.4 is 24.3 Å². The van der Waals surface area contributed by atoms with Gasteiger partial charge >= 0.3 is 0 Å². The molecule has 0 radical (unpaired) electrons. The first-order valence-electron chi connectivity index (χ1n) is 11.5. The first kappa shape index (κ1) is 25.9. The Kier molecular flexibility index (Phi) is 8.52. The lowest BCUT2D eigenvalue weighted by atomic mass is 10.2. The summed E-state index contributed by atoms with van der Waals surface area (Å²) in [5.74, 6) is 2.85. The molecular weight excluding hydrogens is 492 g/mol. The van der Waals surface area contributed by atoms with E-state index in [9.17, 15) is 4.79 Å². The van der Waals surface area contributed by atoms with Gasteiger partial charge in [-0.15, -0.1) is 10.2 Å². The molecule has 1 amide bonds. The molecule has 9 nitrogen and oxygen atoms in total. The van der Waals surface area contributed by atoms with Gasteiger partial charge in [-0.25, -0.2) is 0 Å². The van der Waals surface area contributed by atoms with E-state index in [2.05, 4.69) is 15.5 Å². The number of amides is 1. The topological polar surface area (TPSA) is 96.7 Å². The molecule has 1 aromatic heterocycles. The van der Waals surface area contributed by atoms with Gasteiger partial charge in [-0.3, -0.25) is 9.36 Å².